The van der Waals surface area contributed by atoms with Gasteiger partial charge >= 0.3 is 5.97 Å². The normalized spacial score (nSPS) is 10.5. The maximum atomic E-state index is 12.1. The number of unbranched alkanes of at least 4 members (excludes halogenated alkanes) is 1. The molecule has 0 atom stereocenters. The molecular formula is C13H14ClN5O4. The van der Waals surface area contributed by atoms with Gasteiger partial charge in [0.1, 0.15) is 5.56 Å². The largest absolute Gasteiger partial charge is 0.454 e. The highest BCUT2D eigenvalue weighted by atomic mass is 35.5. The van der Waals surface area contributed by atoms with Crippen LogP contribution in [0.15, 0.2) is 18.2 Å². The van der Waals surface area contributed by atoms with Gasteiger partial charge in [-0.3, -0.25) is 10.1 Å². The number of ether oxygens (including phenoxy) is 1. The number of halogens is 1. The van der Waals surface area contributed by atoms with E-state index in [1.807, 2.05) is 6.92 Å². The molecule has 0 bridgehead atoms. The maximum absolute atomic E-state index is 12.1. The molecule has 0 aliphatic carbocycles. The standard InChI is InChI=1S/C13H14ClN5O4/c1-2-3-6-18-12(15-16-17-18)8-23-13(20)10-5-4-9(14)7-11(10)19(21)22/h4-5,7H,2-3,6,8H2,1H3. The molecule has 1 aromatic heterocycles. The quantitative estimate of drug-likeness (QED) is 0.432. The highest BCUT2D eigenvalue weighted by Gasteiger charge is 2.22. The summed E-state index contributed by atoms with van der Waals surface area (Å²) in [6.45, 7) is 2.47. The molecule has 0 unspecified atom stereocenters. The van der Waals surface area contributed by atoms with Crippen LogP contribution in [0.4, 0.5) is 5.69 Å². The van der Waals surface area contributed by atoms with E-state index in [-0.39, 0.29) is 17.2 Å². The smallest absolute Gasteiger partial charge is 0.345 e. The van der Waals surface area contributed by atoms with Crippen molar-refractivity contribution >= 4 is 23.3 Å². The maximum Gasteiger partial charge on any atom is 0.345 e. The molecule has 122 valence electrons. The topological polar surface area (TPSA) is 113 Å². The Morgan fingerprint density at radius 3 is 2.96 bits per heavy atom. The lowest BCUT2D eigenvalue weighted by molar-refractivity contribution is -0.385. The first kappa shape index (κ1) is 16.8. The molecule has 0 aliphatic heterocycles. The number of nitro groups is 1. The molecule has 0 amide bonds. The van der Waals surface area contributed by atoms with Gasteiger partial charge in [0, 0.05) is 17.6 Å². The van der Waals surface area contributed by atoms with Crippen molar-refractivity contribution in [1.82, 2.24) is 20.2 Å². The van der Waals surface area contributed by atoms with Crippen molar-refractivity contribution in [3.63, 3.8) is 0 Å². The second kappa shape index (κ2) is 7.63. The van der Waals surface area contributed by atoms with Gasteiger partial charge in [-0.2, -0.15) is 0 Å². The van der Waals surface area contributed by atoms with Crippen LogP contribution in [0.3, 0.4) is 0 Å². The fourth-order valence-electron chi connectivity index (χ4n) is 1.84. The Kier molecular flexibility index (Phi) is 5.58. The Balaban J connectivity index is 2.09. The number of aromatic nitrogens is 4. The molecule has 1 aromatic carbocycles. The van der Waals surface area contributed by atoms with Gasteiger partial charge in [-0.1, -0.05) is 24.9 Å². The number of tetrazole rings is 1. The molecule has 23 heavy (non-hydrogen) atoms. The van der Waals surface area contributed by atoms with Crippen LogP contribution in [0.25, 0.3) is 0 Å². The number of benzene rings is 1. The van der Waals surface area contributed by atoms with Crippen LogP contribution in [-0.4, -0.2) is 31.1 Å². The minimum atomic E-state index is -0.835. The molecule has 0 aliphatic rings. The van der Waals surface area contributed by atoms with Gasteiger partial charge < -0.3 is 4.74 Å². The zero-order chi connectivity index (χ0) is 16.8. The third-order valence-corrected chi connectivity index (χ3v) is 3.27. The lowest BCUT2D eigenvalue weighted by Gasteiger charge is -2.06. The number of rotatable bonds is 7. The van der Waals surface area contributed by atoms with E-state index in [2.05, 4.69) is 15.5 Å². The summed E-state index contributed by atoms with van der Waals surface area (Å²) in [5, 5.41) is 22.3. The molecule has 0 fully saturated rings. The summed E-state index contributed by atoms with van der Waals surface area (Å²) in [4.78, 5) is 22.4. The zero-order valence-corrected chi connectivity index (χ0v) is 13.1. The van der Waals surface area contributed by atoms with E-state index in [1.54, 1.807) is 0 Å². The van der Waals surface area contributed by atoms with Gasteiger partial charge in [0.05, 0.1) is 4.92 Å². The van der Waals surface area contributed by atoms with Crippen LogP contribution < -0.4 is 0 Å². The predicted octanol–water partition coefficient (Wildman–Crippen LogP) is 2.39. The second-order valence-corrected chi connectivity index (χ2v) is 5.10. The zero-order valence-electron chi connectivity index (χ0n) is 12.3. The third-order valence-electron chi connectivity index (χ3n) is 3.04. The van der Waals surface area contributed by atoms with E-state index in [1.165, 1.54) is 16.8 Å². The number of aryl methyl sites for hydroxylation is 1. The van der Waals surface area contributed by atoms with Gasteiger partial charge in [-0.25, -0.2) is 9.48 Å². The molecule has 0 radical (unpaired) electrons. The van der Waals surface area contributed by atoms with Crippen LogP contribution in [-0.2, 0) is 17.9 Å². The van der Waals surface area contributed by atoms with E-state index < -0.39 is 16.6 Å². The summed E-state index contributed by atoms with van der Waals surface area (Å²) in [5.74, 6) is -0.457. The minimum Gasteiger partial charge on any atom is -0.454 e. The Labute approximate surface area is 136 Å². The van der Waals surface area contributed by atoms with Gasteiger partial charge in [0.25, 0.3) is 5.69 Å². The van der Waals surface area contributed by atoms with Gasteiger partial charge in [-0.15, -0.1) is 5.10 Å². The van der Waals surface area contributed by atoms with Crippen molar-refractivity contribution in [1.29, 1.82) is 0 Å². The molecule has 2 aromatic rings. The molecule has 9 nitrogen and oxygen atoms in total. The number of carbonyl (C=O) groups excluding carboxylic acids is 1. The average Bonchev–Trinajstić information content (AvgIpc) is 2.97. The van der Waals surface area contributed by atoms with Crippen LogP contribution in [0, 0.1) is 10.1 Å². The molecule has 2 rings (SSSR count). The summed E-state index contributed by atoms with van der Waals surface area (Å²) < 4.78 is 6.61. The summed E-state index contributed by atoms with van der Waals surface area (Å²) in [6.07, 6.45) is 1.85. The Morgan fingerprint density at radius 2 is 2.26 bits per heavy atom. The molecular weight excluding hydrogens is 326 g/mol. The summed E-state index contributed by atoms with van der Waals surface area (Å²) in [5.41, 5.74) is -0.583. The minimum absolute atomic E-state index is 0.164. The fourth-order valence-corrected chi connectivity index (χ4v) is 2.01. The van der Waals surface area contributed by atoms with Crippen LogP contribution >= 0.6 is 11.6 Å². The van der Waals surface area contributed by atoms with Crippen molar-refractivity contribution in [2.45, 2.75) is 32.9 Å². The highest BCUT2D eigenvalue weighted by Crippen LogP contribution is 2.24. The van der Waals surface area contributed by atoms with Crippen molar-refractivity contribution in [2.24, 2.45) is 0 Å². The van der Waals surface area contributed by atoms with Gasteiger partial charge in [-0.05, 0) is 29.0 Å². The summed E-state index contributed by atoms with van der Waals surface area (Å²) in [6, 6.07) is 3.74. The molecule has 0 N–H and O–H groups in total. The Bertz CT molecular complexity index is 718. The molecule has 0 saturated heterocycles. The first-order valence-electron chi connectivity index (χ1n) is 6.89. The Morgan fingerprint density at radius 1 is 1.48 bits per heavy atom. The lowest BCUT2D eigenvalue weighted by Crippen LogP contribution is -2.12. The number of nitro benzene ring substituents is 1. The van der Waals surface area contributed by atoms with Crippen molar-refractivity contribution < 1.29 is 14.5 Å². The van der Waals surface area contributed by atoms with E-state index in [9.17, 15) is 14.9 Å². The van der Waals surface area contributed by atoms with E-state index in [0.29, 0.717) is 12.4 Å². The van der Waals surface area contributed by atoms with Gasteiger partial charge in [0.2, 0.25) is 0 Å². The monoisotopic (exact) mass is 339 g/mol. The summed E-state index contributed by atoms with van der Waals surface area (Å²) in [7, 11) is 0. The molecule has 10 heteroatoms. The van der Waals surface area contributed by atoms with Gasteiger partial charge in [0.15, 0.2) is 12.4 Å². The number of esters is 1. The summed E-state index contributed by atoms with van der Waals surface area (Å²) >= 11 is 5.71. The third kappa shape index (κ3) is 4.22. The number of hydrogen-bond acceptors (Lipinski definition) is 7. The van der Waals surface area contributed by atoms with E-state index >= 15 is 0 Å². The van der Waals surface area contributed by atoms with Crippen LogP contribution in [0.5, 0.6) is 0 Å². The first-order valence-corrected chi connectivity index (χ1v) is 7.26. The fraction of sp³-hybridized carbons (Fsp3) is 0.385. The highest BCUT2D eigenvalue weighted by molar-refractivity contribution is 6.31. The Hall–Kier alpha value is -2.55. The predicted molar refractivity (Wildman–Crippen MR) is 80.0 cm³/mol. The van der Waals surface area contributed by atoms with Crippen molar-refractivity contribution in [3.05, 3.63) is 44.7 Å². The SMILES string of the molecule is CCCCn1nnnc1COC(=O)c1ccc(Cl)cc1[N+](=O)[O-]. The van der Waals surface area contributed by atoms with Crippen molar-refractivity contribution in [3.8, 4) is 0 Å². The second-order valence-electron chi connectivity index (χ2n) is 4.67. The average molecular weight is 340 g/mol. The number of nitrogens with zero attached hydrogens (tertiary/aromatic N) is 5. The van der Waals surface area contributed by atoms with Crippen molar-refractivity contribution in [2.75, 3.05) is 0 Å². The number of carbonyl (C=O) groups is 1. The van der Waals surface area contributed by atoms with Crippen LogP contribution in [0.1, 0.15) is 35.9 Å². The molecule has 1 heterocycles. The van der Waals surface area contributed by atoms with Crippen LogP contribution in [0.2, 0.25) is 5.02 Å². The molecule has 0 spiro atoms. The lowest BCUT2D eigenvalue weighted by atomic mass is 10.2. The molecule has 0 saturated carbocycles. The first-order chi connectivity index (χ1) is 11.0. The number of hydrogen-bond donors (Lipinski definition) is 0. The van der Waals surface area contributed by atoms with E-state index in [0.717, 1.165) is 18.9 Å². The van der Waals surface area contributed by atoms with E-state index in [4.69, 9.17) is 16.3 Å².